The van der Waals surface area contributed by atoms with Crippen LogP contribution >= 0.6 is 11.6 Å². The van der Waals surface area contributed by atoms with E-state index in [0.717, 1.165) is 25.1 Å². The third kappa shape index (κ3) is 3.16. The highest BCUT2D eigenvalue weighted by molar-refractivity contribution is 6.18. The van der Waals surface area contributed by atoms with Crippen molar-refractivity contribution in [3.63, 3.8) is 0 Å². The Bertz CT molecular complexity index is 405. The number of carbonyl (C=O) groups is 1. The molecule has 98 valence electrons. The number of amides is 1. The van der Waals surface area contributed by atoms with Crippen LogP contribution in [0.1, 0.15) is 18.4 Å². The lowest BCUT2D eigenvalue weighted by molar-refractivity contribution is -0.133. The molecule has 1 saturated heterocycles. The molecule has 1 aromatic rings. The molecule has 0 spiro atoms. The van der Waals surface area contributed by atoms with E-state index < -0.39 is 0 Å². The van der Waals surface area contributed by atoms with Gasteiger partial charge < -0.3 is 9.64 Å². The minimum atomic E-state index is 0.0266. The third-order valence-electron chi connectivity index (χ3n) is 3.26. The molecule has 1 fully saturated rings. The second-order valence-electron chi connectivity index (χ2n) is 4.64. The molecule has 1 amide bonds. The summed E-state index contributed by atoms with van der Waals surface area (Å²) in [6, 6.07) is 7.88. The van der Waals surface area contributed by atoms with Crippen LogP contribution in [0.2, 0.25) is 0 Å². The van der Waals surface area contributed by atoms with Gasteiger partial charge in [-0.05, 0) is 31.9 Å². The molecule has 2 rings (SSSR count). The Morgan fingerprint density at radius 2 is 2.17 bits per heavy atom. The smallest absolute Gasteiger partial charge is 0.260 e. The van der Waals surface area contributed by atoms with E-state index in [0.29, 0.717) is 5.88 Å². The van der Waals surface area contributed by atoms with Crippen molar-refractivity contribution in [3.8, 4) is 5.75 Å². The quantitative estimate of drug-likeness (QED) is 0.785. The largest absolute Gasteiger partial charge is 0.484 e. The second-order valence-corrected chi connectivity index (χ2v) is 4.95. The summed E-state index contributed by atoms with van der Waals surface area (Å²) in [5.74, 6) is 1.27. The number of halogens is 1. The molecule has 0 aliphatic carbocycles. The highest BCUT2D eigenvalue weighted by Gasteiger charge is 2.27. The molecule has 0 N–H and O–H groups in total. The Labute approximate surface area is 113 Å². The molecule has 1 aliphatic heterocycles. The van der Waals surface area contributed by atoms with Gasteiger partial charge in [-0.3, -0.25) is 4.79 Å². The molecule has 4 heteroatoms. The highest BCUT2D eigenvalue weighted by atomic mass is 35.5. The molecule has 0 saturated carbocycles. The Balaban J connectivity index is 1.86. The lowest BCUT2D eigenvalue weighted by Crippen LogP contribution is -2.39. The average molecular weight is 268 g/mol. The topological polar surface area (TPSA) is 29.5 Å². The predicted octanol–water partition coefficient (Wildman–Crippen LogP) is 2.60. The van der Waals surface area contributed by atoms with Gasteiger partial charge in [0, 0.05) is 18.5 Å². The molecular formula is C14H18ClNO2. The van der Waals surface area contributed by atoms with E-state index in [1.54, 1.807) is 0 Å². The summed E-state index contributed by atoms with van der Waals surface area (Å²) >= 11 is 5.85. The van der Waals surface area contributed by atoms with E-state index in [9.17, 15) is 4.79 Å². The number of carbonyl (C=O) groups excluding carboxylic acids is 1. The van der Waals surface area contributed by atoms with Gasteiger partial charge in [0.2, 0.25) is 0 Å². The summed E-state index contributed by atoms with van der Waals surface area (Å²) < 4.78 is 5.49. The maximum Gasteiger partial charge on any atom is 0.260 e. The maximum absolute atomic E-state index is 12.0. The van der Waals surface area contributed by atoms with E-state index in [1.165, 1.54) is 5.56 Å². The van der Waals surface area contributed by atoms with Gasteiger partial charge in [0.25, 0.3) is 5.91 Å². The molecule has 0 unspecified atom stereocenters. The van der Waals surface area contributed by atoms with Gasteiger partial charge >= 0.3 is 0 Å². The number of ether oxygens (including phenoxy) is 1. The second kappa shape index (κ2) is 6.10. The average Bonchev–Trinajstić information content (AvgIpc) is 2.86. The molecule has 1 atom stereocenters. The first kappa shape index (κ1) is 13.2. The molecule has 3 nitrogen and oxygen atoms in total. The lowest BCUT2D eigenvalue weighted by Gasteiger charge is -2.22. The summed E-state index contributed by atoms with van der Waals surface area (Å²) in [6.07, 6.45) is 2.04. The number of benzene rings is 1. The van der Waals surface area contributed by atoms with Crippen LogP contribution in [0.4, 0.5) is 0 Å². The molecule has 1 heterocycles. The SMILES string of the molecule is Cc1ccc(OCC(=O)N2CCC[C@H]2CCl)cc1. The standard InChI is InChI=1S/C14H18ClNO2/c1-11-4-6-13(7-5-11)18-10-14(17)16-8-2-3-12(16)9-15/h4-7,12H,2-3,8-10H2,1H3/t12-/m0/s1. The van der Waals surface area contributed by atoms with E-state index in [2.05, 4.69) is 0 Å². The molecule has 0 aromatic heterocycles. The minimum absolute atomic E-state index is 0.0266. The number of likely N-dealkylation sites (tertiary alicyclic amines) is 1. The van der Waals surface area contributed by atoms with Crippen molar-refractivity contribution >= 4 is 17.5 Å². The van der Waals surface area contributed by atoms with Gasteiger partial charge in [0.1, 0.15) is 5.75 Å². The molecule has 18 heavy (non-hydrogen) atoms. The number of nitrogens with zero attached hydrogens (tertiary/aromatic N) is 1. The number of hydrogen-bond donors (Lipinski definition) is 0. The van der Waals surface area contributed by atoms with Crippen LogP contribution in [-0.4, -0.2) is 35.9 Å². The summed E-state index contributed by atoms with van der Waals surface area (Å²) in [5.41, 5.74) is 1.18. The van der Waals surface area contributed by atoms with E-state index in [-0.39, 0.29) is 18.6 Å². The molecule has 1 aromatic carbocycles. The van der Waals surface area contributed by atoms with Gasteiger partial charge in [-0.15, -0.1) is 11.6 Å². The lowest BCUT2D eigenvalue weighted by atomic mass is 10.2. The predicted molar refractivity (Wildman–Crippen MR) is 72.1 cm³/mol. The fourth-order valence-electron chi connectivity index (χ4n) is 2.19. The van der Waals surface area contributed by atoms with Crippen molar-refractivity contribution in [2.75, 3.05) is 19.0 Å². The van der Waals surface area contributed by atoms with Gasteiger partial charge in [-0.2, -0.15) is 0 Å². The normalized spacial score (nSPS) is 19.0. The van der Waals surface area contributed by atoms with E-state index >= 15 is 0 Å². The summed E-state index contributed by atoms with van der Waals surface area (Å²) in [6.45, 7) is 2.91. The molecule has 0 bridgehead atoms. The van der Waals surface area contributed by atoms with Crippen LogP contribution in [0, 0.1) is 6.92 Å². The highest BCUT2D eigenvalue weighted by Crippen LogP contribution is 2.19. The number of alkyl halides is 1. The van der Waals surface area contributed by atoms with Crippen LogP contribution < -0.4 is 4.74 Å². The Morgan fingerprint density at radius 3 is 2.83 bits per heavy atom. The molecule has 1 aliphatic rings. The fraction of sp³-hybridized carbons (Fsp3) is 0.500. The Hall–Kier alpha value is -1.22. The van der Waals surface area contributed by atoms with Crippen LogP contribution in [-0.2, 0) is 4.79 Å². The summed E-state index contributed by atoms with van der Waals surface area (Å²) in [4.78, 5) is 13.8. The Morgan fingerprint density at radius 1 is 1.44 bits per heavy atom. The van der Waals surface area contributed by atoms with Crippen molar-refractivity contribution in [2.45, 2.75) is 25.8 Å². The first-order chi connectivity index (χ1) is 8.70. The van der Waals surface area contributed by atoms with Crippen molar-refractivity contribution < 1.29 is 9.53 Å². The van der Waals surface area contributed by atoms with Gasteiger partial charge in [-0.25, -0.2) is 0 Å². The zero-order valence-electron chi connectivity index (χ0n) is 10.6. The van der Waals surface area contributed by atoms with Crippen molar-refractivity contribution in [3.05, 3.63) is 29.8 Å². The zero-order valence-corrected chi connectivity index (χ0v) is 11.3. The third-order valence-corrected chi connectivity index (χ3v) is 3.62. The van der Waals surface area contributed by atoms with Crippen molar-refractivity contribution in [1.29, 1.82) is 0 Å². The number of aryl methyl sites for hydroxylation is 1. The minimum Gasteiger partial charge on any atom is -0.484 e. The van der Waals surface area contributed by atoms with Crippen molar-refractivity contribution in [1.82, 2.24) is 4.90 Å². The number of hydrogen-bond acceptors (Lipinski definition) is 2. The first-order valence-corrected chi connectivity index (χ1v) is 6.79. The number of rotatable bonds is 4. The van der Waals surface area contributed by atoms with Gasteiger partial charge in [-0.1, -0.05) is 17.7 Å². The van der Waals surface area contributed by atoms with Crippen LogP contribution in [0.25, 0.3) is 0 Å². The van der Waals surface area contributed by atoms with Gasteiger partial charge in [0.05, 0.1) is 0 Å². The van der Waals surface area contributed by atoms with Crippen LogP contribution in [0.3, 0.4) is 0 Å². The van der Waals surface area contributed by atoms with Gasteiger partial charge in [0.15, 0.2) is 6.61 Å². The Kier molecular flexibility index (Phi) is 4.48. The van der Waals surface area contributed by atoms with E-state index in [4.69, 9.17) is 16.3 Å². The van der Waals surface area contributed by atoms with Crippen LogP contribution in [0.5, 0.6) is 5.75 Å². The zero-order chi connectivity index (χ0) is 13.0. The van der Waals surface area contributed by atoms with E-state index in [1.807, 2.05) is 36.1 Å². The fourth-order valence-corrected chi connectivity index (χ4v) is 2.51. The molecule has 0 radical (unpaired) electrons. The van der Waals surface area contributed by atoms with Crippen LogP contribution in [0.15, 0.2) is 24.3 Å². The monoisotopic (exact) mass is 267 g/mol. The first-order valence-electron chi connectivity index (χ1n) is 6.25. The summed E-state index contributed by atoms with van der Waals surface area (Å²) in [5, 5.41) is 0. The summed E-state index contributed by atoms with van der Waals surface area (Å²) in [7, 11) is 0. The maximum atomic E-state index is 12.0. The van der Waals surface area contributed by atoms with Crippen molar-refractivity contribution in [2.24, 2.45) is 0 Å². The molecular weight excluding hydrogens is 250 g/mol.